The van der Waals surface area contributed by atoms with Gasteiger partial charge in [-0.2, -0.15) is 15.0 Å². The van der Waals surface area contributed by atoms with Crippen molar-refractivity contribution < 1.29 is 9.47 Å². The summed E-state index contributed by atoms with van der Waals surface area (Å²) in [7, 11) is 1.73. The third kappa shape index (κ3) is 3.27. The summed E-state index contributed by atoms with van der Waals surface area (Å²) in [5.41, 5.74) is 5.72. The van der Waals surface area contributed by atoms with E-state index in [-0.39, 0.29) is 24.2 Å². The molecule has 2 N–H and O–H groups in total. The Morgan fingerprint density at radius 2 is 2.10 bits per heavy atom. The molecule has 0 spiro atoms. The van der Waals surface area contributed by atoms with Gasteiger partial charge in [-0.25, -0.2) is 4.98 Å². The summed E-state index contributed by atoms with van der Waals surface area (Å²) in [5, 5.41) is 0. The van der Waals surface area contributed by atoms with Gasteiger partial charge in [0, 0.05) is 25.9 Å². The fourth-order valence-corrected chi connectivity index (χ4v) is 2.48. The molecule has 3 rings (SSSR count). The van der Waals surface area contributed by atoms with Crippen LogP contribution in [0.2, 0.25) is 0 Å². The van der Waals surface area contributed by atoms with E-state index < -0.39 is 0 Å². The van der Waals surface area contributed by atoms with Gasteiger partial charge in [-0.15, -0.1) is 0 Å². The Morgan fingerprint density at radius 1 is 1.24 bits per heavy atom. The molecule has 21 heavy (non-hydrogen) atoms. The summed E-state index contributed by atoms with van der Waals surface area (Å²) < 4.78 is 12.9. The summed E-state index contributed by atoms with van der Waals surface area (Å²) in [6.45, 7) is 0. The lowest BCUT2D eigenvalue weighted by molar-refractivity contribution is 0.0179. The van der Waals surface area contributed by atoms with Crippen molar-refractivity contribution in [2.45, 2.75) is 37.9 Å². The van der Waals surface area contributed by atoms with Gasteiger partial charge in [-0.3, -0.25) is 4.57 Å². The molecule has 2 aromatic rings. The molecule has 1 aliphatic rings. The van der Waals surface area contributed by atoms with Crippen LogP contribution in [-0.4, -0.2) is 43.8 Å². The number of hydrogen-bond acceptors (Lipinski definition) is 7. The van der Waals surface area contributed by atoms with Crippen LogP contribution in [0.5, 0.6) is 6.01 Å². The minimum atomic E-state index is 0.0427. The van der Waals surface area contributed by atoms with Gasteiger partial charge < -0.3 is 15.2 Å². The van der Waals surface area contributed by atoms with Crippen molar-refractivity contribution >= 4 is 5.95 Å². The molecular formula is C13H18N6O2. The van der Waals surface area contributed by atoms with Gasteiger partial charge in [-0.05, 0) is 19.3 Å². The van der Waals surface area contributed by atoms with Crippen molar-refractivity contribution in [1.82, 2.24) is 24.5 Å². The third-order valence-electron chi connectivity index (χ3n) is 3.54. The lowest BCUT2D eigenvalue weighted by Crippen LogP contribution is -2.30. The lowest BCUT2D eigenvalue weighted by atomic mass is 9.95. The first kappa shape index (κ1) is 13.7. The first-order valence-electron chi connectivity index (χ1n) is 6.94. The number of rotatable bonds is 4. The van der Waals surface area contributed by atoms with Gasteiger partial charge in [0.25, 0.3) is 0 Å². The number of nitrogen functional groups attached to an aromatic ring is 1. The maximum absolute atomic E-state index is 5.85. The van der Waals surface area contributed by atoms with Crippen LogP contribution < -0.4 is 10.5 Å². The molecule has 2 aromatic heterocycles. The standard InChI is InChI=1S/C13H18N6O2/c1-20-9-3-2-4-10(7-9)21-13-17-11(14)16-12(18-13)19-6-5-15-8-19/h5-6,8-10H,2-4,7H2,1H3,(H2,14,16,17,18). The number of ether oxygens (including phenoxy) is 2. The molecule has 0 radical (unpaired) electrons. The number of nitrogens with two attached hydrogens (primary N) is 1. The SMILES string of the molecule is COC1CCCC(Oc2nc(N)nc(-n3ccnc3)n2)C1. The molecule has 2 unspecified atom stereocenters. The van der Waals surface area contributed by atoms with Crippen molar-refractivity contribution in [3.05, 3.63) is 18.7 Å². The highest BCUT2D eigenvalue weighted by Gasteiger charge is 2.24. The second-order valence-corrected chi connectivity index (χ2v) is 5.01. The van der Waals surface area contributed by atoms with Crippen molar-refractivity contribution in [2.75, 3.05) is 12.8 Å². The molecule has 1 aliphatic carbocycles. The molecule has 0 amide bonds. The predicted octanol–water partition coefficient (Wildman–Crippen LogP) is 0.976. The average molecular weight is 290 g/mol. The van der Waals surface area contributed by atoms with Gasteiger partial charge in [0.1, 0.15) is 12.4 Å². The number of hydrogen-bond donors (Lipinski definition) is 1. The molecule has 1 saturated carbocycles. The topological polar surface area (TPSA) is 101 Å². The van der Waals surface area contributed by atoms with Crippen molar-refractivity contribution in [3.63, 3.8) is 0 Å². The van der Waals surface area contributed by atoms with E-state index in [1.165, 1.54) is 0 Å². The number of aromatic nitrogens is 5. The Kier molecular flexibility index (Phi) is 3.96. The Hall–Kier alpha value is -2.22. The second-order valence-electron chi connectivity index (χ2n) is 5.01. The summed E-state index contributed by atoms with van der Waals surface area (Å²) >= 11 is 0. The average Bonchev–Trinajstić information content (AvgIpc) is 3.01. The number of nitrogens with zero attached hydrogens (tertiary/aromatic N) is 5. The first-order chi connectivity index (χ1) is 10.2. The molecule has 8 heteroatoms. The highest BCUT2D eigenvalue weighted by atomic mass is 16.5. The van der Waals surface area contributed by atoms with E-state index in [1.807, 2.05) is 0 Å². The lowest BCUT2D eigenvalue weighted by Gasteiger charge is -2.27. The fourth-order valence-electron chi connectivity index (χ4n) is 2.48. The highest BCUT2D eigenvalue weighted by molar-refractivity contribution is 5.25. The van der Waals surface area contributed by atoms with E-state index >= 15 is 0 Å². The molecule has 2 atom stereocenters. The van der Waals surface area contributed by atoms with Crippen LogP contribution in [0.4, 0.5) is 5.95 Å². The van der Waals surface area contributed by atoms with Crippen LogP contribution in [-0.2, 0) is 4.74 Å². The quantitative estimate of drug-likeness (QED) is 0.895. The Labute approximate surface area is 122 Å². The van der Waals surface area contributed by atoms with Gasteiger partial charge in [0.2, 0.25) is 11.9 Å². The van der Waals surface area contributed by atoms with Crippen molar-refractivity contribution in [1.29, 1.82) is 0 Å². The molecule has 0 saturated heterocycles. The fraction of sp³-hybridized carbons (Fsp3) is 0.538. The zero-order valence-corrected chi connectivity index (χ0v) is 11.8. The molecule has 2 heterocycles. The smallest absolute Gasteiger partial charge is 0.323 e. The molecule has 0 aliphatic heterocycles. The van der Waals surface area contributed by atoms with Crippen LogP contribution >= 0.6 is 0 Å². The Bertz CT molecular complexity index is 588. The molecule has 8 nitrogen and oxygen atoms in total. The summed E-state index contributed by atoms with van der Waals surface area (Å²) in [6, 6.07) is 0.243. The maximum Gasteiger partial charge on any atom is 0.323 e. The molecule has 1 fully saturated rings. The molecule has 0 bridgehead atoms. The van der Waals surface area contributed by atoms with E-state index in [2.05, 4.69) is 19.9 Å². The summed E-state index contributed by atoms with van der Waals surface area (Å²) in [4.78, 5) is 16.4. The number of methoxy groups -OCH3 is 1. The zero-order valence-electron chi connectivity index (χ0n) is 11.8. The van der Waals surface area contributed by atoms with Crippen LogP contribution in [0.25, 0.3) is 5.95 Å². The van der Waals surface area contributed by atoms with E-state index in [0.29, 0.717) is 5.95 Å². The maximum atomic E-state index is 5.85. The zero-order chi connectivity index (χ0) is 14.7. The minimum absolute atomic E-state index is 0.0427. The predicted molar refractivity (Wildman–Crippen MR) is 75.0 cm³/mol. The van der Waals surface area contributed by atoms with Gasteiger partial charge in [0.15, 0.2) is 0 Å². The van der Waals surface area contributed by atoms with E-state index in [9.17, 15) is 0 Å². The van der Waals surface area contributed by atoms with Crippen molar-refractivity contribution in [2.24, 2.45) is 0 Å². The molecule has 0 aromatic carbocycles. The summed E-state index contributed by atoms with van der Waals surface area (Å²) in [5.74, 6) is 0.525. The molecule has 112 valence electrons. The highest BCUT2D eigenvalue weighted by Crippen LogP contribution is 2.24. The normalized spacial score (nSPS) is 22.1. The second kappa shape index (κ2) is 6.04. The summed E-state index contributed by atoms with van der Waals surface area (Å²) in [6.07, 6.45) is 9.19. The number of imidazole rings is 1. The first-order valence-corrected chi connectivity index (χ1v) is 6.94. The van der Waals surface area contributed by atoms with Gasteiger partial charge >= 0.3 is 6.01 Å². The largest absolute Gasteiger partial charge is 0.460 e. The van der Waals surface area contributed by atoms with E-state index in [1.54, 1.807) is 30.4 Å². The Balaban J connectivity index is 1.76. The van der Waals surface area contributed by atoms with E-state index in [0.717, 1.165) is 25.7 Å². The van der Waals surface area contributed by atoms with Crippen molar-refractivity contribution in [3.8, 4) is 12.0 Å². The monoisotopic (exact) mass is 290 g/mol. The van der Waals surface area contributed by atoms with Gasteiger partial charge in [-0.1, -0.05) is 0 Å². The number of anilines is 1. The van der Waals surface area contributed by atoms with Crippen LogP contribution in [0.1, 0.15) is 25.7 Å². The van der Waals surface area contributed by atoms with Gasteiger partial charge in [0.05, 0.1) is 6.10 Å². The van der Waals surface area contributed by atoms with Crippen LogP contribution in [0.15, 0.2) is 18.7 Å². The minimum Gasteiger partial charge on any atom is -0.460 e. The molecular weight excluding hydrogens is 272 g/mol. The Morgan fingerprint density at radius 3 is 2.86 bits per heavy atom. The third-order valence-corrected chi connectivity index (χ3v) is 3.54. The van der Waals surface area contributed by atoms with Crippen LogP contribution in [0, 0.1) is 0 Å². The van der Waals surface area contributed by atoms with E-state index in [4.69, 9.17) is 15.2 Å². The van der Waals surface area contributed by atoms with Crippen LogP contribution in [0.3, 0.4) is 0 Å².